The monoisotopic (exact) mass is 446 g/mol. The quantitative estimate of drug-likeness (QED) is 0.706. The Morgan fingerprint density at radius 2 is 1.63 bits per heavy atom. The van der Waals surface area contributed by atoms with Gasteiger partial charge in [-0.3, -0.25) is 4.79 Å². The van der Waals surface area contributed by atoms with Crippen LogP contribution < -0.4 is 5.73 Å². The number of carbonyl (C=O) groups is 1. The first-order chi connectivity index (χ1) is 13.8. The van der Waals surface area contributed by atoms with Crippen LogP contribution in [-0.4, -0.2) is 47.9 Å². The minimum absolute atomic E-state index is 0.0155. The van der Waals surface area contributed by atoms with Crippen LogP contribution in [0.25, 0.3) is 0 Å². The number of rotatable bonds is 5. The van der Waals surface area contributed by atoms with Gasteiger partial charge < -0.3 is 10.6 Å². The van der Waals surface area contributed by atoms with Gasteiger partial charge in [0.25, 0.3) is 0 Å². The van der Waals surface area contributed by atoms with Gasteiger partial charge in [0, 0.05) is 24.2 Å². The van der Waals surface area contributed by atoms with Crippen LogP contribution in [-0.2, 0) is 21.1 Å². The topological polar surface area (TPSA) is 80.5 Å². The molecular formula is C21H29F3N2O3S. The normalized spacial score (nSPS) is 25.4. The number of nitrogens with two attached hydrogens (primary N) is 1. The Bertz CT molecular complexity index is 916. The van der Waals surface area contributed by atoms with E-state index in [0.717, 1.165) is 18.9 Å². The summed E-state index contributed by atoms with van der Waals surface area (Å²) in [6, 6.07) is 0.699. The highest BCUT2D eigenvalue weighted by Crippen LogP contribution is 2.40. The lowest BCUT2D eigenvalue weighted by Crippen LogP contribution is -2.52. The SMILES string of the molecule is CC(C)(C)S(=O)(=O)CC(=O)N1[C@@H]2CC[C@H]1C[C@H](C(N)Cc1cc(F)c(F)cc1F)C2. The molecule has 1 aromatic carbocycles. The molecule has 1 unspecified atom stereocenters. The summed E-state index contributed by atoms with van der Waals surface area (Å²) in [5, 5.41) is 0. The first-order valence-corrected chi connectivity index (χ1v) is 11.9. The zero-order valence-electron chi connectivity index (χ0n) is 17.5. The third-order valence-electron chi connectivity index (χ3n) is 6.45. The molecule has 2 aliphatic rings. The zero-order valence-corrected chi connectivity index (χ0v) is 18.3. The van der Waals surface area contributed by atoms with E-state index in [1.807, 2.05) is 0 Å². The van der Waals surface area contributed by atoms with Crippen molar-refractivity contribution in [3.05, 3.63) is 35.1 Å². The summed E-state index contributed by atoms with van der Waals surface area (Å²) in [5.74, 6) is -4.08. The highest BCUT2D eigenvalue weighted by atomic mass is 32.2. The Balaban J connectivity index is 1.67. The van der Waals surface area contributed by atoms with Crippen LogP contribution in [0.4, 0.5) is 13.2 Å². The summed E-state index contributed by atoms with van der Waals surface area (Å²) in [4.78, 5) is 14.5. The second-order valence-corrected chi connectivity index (χ2v) is 12.3. The van der Waals surface area contributed by atoms with E-state index >= 15 is 0 Å². The first-order valence-electron chi connectivity index (χ1n) is 10.2. The molecule has 5 nitrogen and oxygen atoms in total. The van der Waals surface area contributed by atoms with Crippen molar-refractivity contribution < 1.29 is 26.4 Å². The van der Waals surface area contributed by atoms with Crippen molar-refractivity contribution in [2.45, 2.75) is 75.7 Å². The summed E-state index contributed by atoms with van der Waals surface area (Å²) in [6.07, 6.45) is 2.79. The second-order valence-electron chi connectivity index (χ2n) is 9.51. The van der Waals surface area contributed by atoms with Crippen molar-refractivity contribution in [1.82, 2.24) is 4.90 Å². The zero-order chi connectivity index (χ0) is 22.4. The van der Waals surface area contributed by atoms with Gasteiger partial charge >= 0.3 is 0 Å². The molecule has 0 aliphatic carbocycles. The second kappa shape index (κ2) is 8.15. The molecule has 9 heteroatoms. The molecule has 2 saturated heterocycles. The van der Waals surface area contributed by atoms with Crippen LogP contribution in [0, 0.1) is 23.4 Å². The van der Waals surface area contributed by atoms with Crippen molar-refractivity contribution in [3.8, 4) is 0 Å². The van der Waals surface area contributed by atoms with Gasteiger partial charge in [0.15, 0.2) is 21.5 Å². The summed E-state index contributed by atoms with van der Waals surface area (Å²) in [6.45, 7) is 4.73. The molecule has 3 rings (SSSR count). The van der Waals surface area contributed by atoms with Gasteiger partial charge in [0.1, 0.15) is 11.6 Å². The molecule has 2 N–H and O–H groups in total. The van der Waals surface area contributed by atoms with Gasteiger partial charge in [0.2, 0.25) is 5.91 Å². The van der Waals surface area contributed by atoms with E-state index in [-0.39, 0.29) is 35.9 Å². The average molecular weight is 447 g/mol. The lowest BCUT2D eigenvalue weighted by molar-refractivity contribution is -0.133. The van der Waals surface area contributed by atoms with Crippen LogP contribution in [0.15, 0.2) is 12.1 Å². The van der Waals surface area contributed by atoms with Crippen LogP contribution in [0.5, 0.6) is 0 Å². The largest absolute Gasteiger partial charge is 0.336 e. The van der Waals surface area contributed by atoms with Crippen LogP contribution in [0.1, 0.15) is 52.0 Å². The number of carbonyl (C=O) groups excluding carboxylic acids is 1. The van der Waals surface area contributed by atoms with Gasteiger partial charge in [0.05, 0.1) is 4.75 Å². The van der Waals surface area contributed by atoms with Crippen molar-refractivity contribution in [3.63, 3.8) is 0 Å². The number of piperidine rings is 1. The van der Waals surface area contributed by atoms with Crippen molar-refractivity contribution in [1.29, 1.82) is 0 Å². The number of sulfone groups is 1. The number of hydrogen-bond donors (Lipinski definition) is 1. The lowest BCUT2D eigenvalue weighted by atomic mass is 9.82. The van der Waals surface area contributed by atoms with Gasteiger partial charge in [-0.2, -0.15) is 0 Å². The van der Waals surface area contributed by atoms with E-state index in [2.05, 4.69) is 0 Å². The Labute approximate surface area is 175 Å². The molecule has 4 atom stereocenters. The van der Waals surface area contributed by atoms with Gasteiger partial charge in [-0.1, -0.05) is 0 Å². The van der Waals surface area contributed by atoms with Gasteiger partial charge in [-0.05, 0) is 70.4 Å². The minimum Gasteiger partial charge on any atom is -0.336 e. The van der Waals surface area contributed by atoms with E-state index in [1.54, 1.807) is 25.7 Å². The Morgan fingerprint density at radius 1 is 1.10 bits per heavy atom. The standard InChI is InChI=1S/C21H29F3N2O3S/c1-21(2,3)30(28,29)11-20(27)26-14-4-5-15(26)7-13(6-14)19(25)9-12-8-17(23)18(24)10-16(12)22/h8,10,13-15,19H,4-7,9,11,25H2,1-3H3/t13-,14-,15+,19?. The minimum atomic E-state index is -3.57. The smallest absolute Gasteiger partial charge is 0.238 e. The molecule has 2 aliphatic heterocycles. The summed E-state index contributed by atoms with van der Waals surface area (Å²) in [7, 11) is -3.57. The third kappa shape index (κ3) is 4.51. The molecule has 1 amide bonds. The average Bonchev–Trinajstić information content (AvgIpc) is 2.88. The van der Waals surface area contributed by atoms with E-state index in [9.17, 15) is 26.4 Å². The molecule has 2 bridgehead atoms. The molecule has 168 valence electrons. The van der Waals surface area contributed by atoms with Gasteiger partial charge in [-0.15, -0.1) is 0 Å². The summed E-state index contributed by atoms with van der Waals surface area (Å²) in [5.41, 5.74) is 6.32. The van der Waals surface area contributed by atoms with Gasteiger partial charge in [-0.25, -0.2) is 21.6 Å². The first kappa shape index (κ1) is 23.1. The third-order valence-corrected chi connectivity index (χ3v) is 8.95. The fourth-order valence-corrected chi connectivity index (χ4v) is 5.48. The van der Waals surface area contributed by atoms with E-state index in [1.165, 1.54) is 0 Å². The fraction of sp³-hybridized carbons (Fsp3) is 0.667. The maximum Gasteiger partial charge on any atom is 0.238 e. The summed E-state index contributed by atoms with van der Waals surface area (Å²) < 4.78 is 64.5. The predicted molar refractivity (Wildman–Crippen MR) is 108 cm³/mol. The number of fused-ring (bicyclic) bond motifs is 2. The Morgan fingerprint density at radius 3 is 2.17 bits per heavy atom. The van der Waals surface area contributed by atoms with Crippen LogP contribution >= 0.6 is 0 Å². The van der Waals surface area contributed by atoms with Crippen LogP contribution in [0.3, 0.4) is 0 Å². The fourth-order valence-electron chi connectivity index (χ4n) is 4.57. The Kier molecular flexibility index (Phi) is 6.26. The highest BCUT2D eigenvalue weighted by molar-refractivity contribution is 7.93. The molecule has 2 fully saturated rings. The van der Waals surface area contributed by atoms with E-state index in [4.69, 9.17) is 5.73 Å². The van der Waals surface area contributed by atoms with E-state index < -0.39 is 43.8 Å². The van der Waals surface area contributed by atoms with E-state index in [0.29, 0.717) is 18.9 Å². The number of benzene rings is 1. The molecule has 0 saturated carbocycles. The van der Waals surface area contributed by atoms with Crippen molar-refractivity contribution in [2.24, 2.45) is 11.7 Å². The molecule has 30 heavy (non-hydrogen) atoms. The lowest BCUT2D eigenvalue weighted by Gasteiger charge is -2.41. The molecule has 0 spiro atoms. The number of nitrogens with zero attached hydrogens (tertiary/aromatic N) is 1. The molecular weight excluding hydrogens is 417 g/mol. The molecule has 0 radical (unpaired) electrons. The van der Waals surface area contributed by atoms with Crippen molar-refractivity contribution in [2.75, 3.05) is 5.75 Å². The number of hydrogen-bond acceptors (Lipinski definition) is 4. The maximum absolute atomic E-state index is 14.0. The highest BCUT2D eigenvalue weighted by Gasteiger charge is 2.46. The molecule has 2 heterocycles. The van der Waals surface area contributed by atoms with Crippen LogP contribution in [0.2, 0.25) is 0 Å². The Hall–Kier alpha value is -1.61. The van der Waals surface area contributed by atoms with Crippen molar-refractivity contribution >= 4 is 15.7 Å². The predicted octanol–water partition coefficient (Wildman–Crippen LogP) is 2.96. The number of halogens is 3. The molecule has 0 aromatic heterocycles. The maximum atomic E-state index is 14.0. The molecule has 1 aromatic rings. The summed E-state index contributed by atoms with van der Waals surface area (Å²) >= 11 is 0. The number of amides is 1.